The summed E-state index contributed by atoms with van der Waals surface area (Å²) in [5, 5.41) is 0. The van der Waals surface area contributed by atoms with E-state index >= 15 is 0 Å². The summed E-state index contributed by atoms with van der Waals surface area (Å²) in [6.07, 6.45) is 2.57. The van der Waals surface area contributed by atoms with Crippen molar-refractivity contribution in [2.45, 2.75) is 32.7 Å². The molecule has 1 heterocycles. The fourth-order valence-electron chi connectivity index (χ4n) is 2.21. The molecule has 2 heteroatoms. The van der Waals surface area contributed by atoms with Crippen LogP contribution in [0.25, 0.3) is 0 Å². The summed E-state index contributed by atoms with van der Waals surface area (Å²) in [7, 11) is 0. The van der Waals surface area contributed by atoms with Gasteiger partial charge < -0.3 is 10.6 Å². The maximum atomic E-state index is 6.08. The highest BCUT2D eigenvalue weighted by molar-refractivity contribution is 5.71. The molecule has 2 rings (SSSR count). The molecule has 1 atom stereocenters. The van der Waals surface area contributed by atoms with E-state index in [1.54, 1.807) is 0 Å². The molecule has 0 amide bonds. The number of rotatable bonds is 1. The zero-order chi connectivity index (χ0) is 10.1. The van der Waals surface area contributed by atoms with Gasteiger partial charge in [0.25, 0.3) is 0 Å². The van der Waals surface area contributed by atoms with Crippen molar-refractivity contribution in [2.24, 2.45) is 0 Å². The van der Waals surface area contributed by atoms with E-state index in [1.165, 1.54) is 24.1 Å². The van der Waals surface area contributed by atoms with Gasteiger partial charge >= 0.3 is 0 Å². The minimum Gasteiger partial charge on any atom is -0.397 e. The SMILES string of the molecule is Cc1cccc(N2CCCC2C)c1N. The van der Waals surface area contributed by atoms with Gasteiger partial charge in [-0.25, -0.2) is 0 Å². The fourth-order valence-corrected chi connectivity index (χ4v) is 2.21. The second kappa shape index (κ2) is 3.52. The summed E-state index contributed by atoms with van der Waals surface area (Å²) in [6, 6.07) is 6.93. The van der Waals surface area contributed by atoms with Crippen molar-refractivity contribution in [3.05, 3.63) is 23.8 Å². The lowest BCUT2D eigenvalue weighted by Crippen LogP contribution is -2.27. The first-order chi connectivity index (χ1) is 6.70. The van der Waals surface area contributed by atoms with Crippen LogP contribution >= 0.6 is 0 Å². The van der Waals surface area contributed by atoms with Crippen LogP contribution in [0.2, 0.25) is 0 Å². The highest BCUT2D eigenvalue weighted by Crippen LogP contribution is 2.31. The first-order valence-electron chi connectivity index (χ1n) is 5.32. The molecule has 0 aliphatic carbocycles. The monoisotopic (exact) mass is 190 g/mol. The van der Waals surface area contributed by atoms with Gasteiger partial charge in [0.15, 0.2) is 0 Å². The maximum Gasteiger partial charge on any atom is 0.0605 e. The zero-order valence-corrected chi connectivity index (χ0v) is 8.96. The van der Waals surface area contributed by atoms with Crippen LogP contribution in [-0.4, -0.2) is 12.6 Å². The van der Waals surface area contributed by atoms with E-state index in [1.807, 2.05) is 0 Å². The zero-order valence-electron chi connectivity index (χ0n) is 8.96. The molecule has 2 nitrogen and oxygen atoms in total. The Bertz CT molecular complexity index is 333. The molecule has 0 aromatic heterocycles. The van der Waals surface area contributed by atoms with Gasteiger partial charge in [-0.3, -0.25) is 0 Å². The highest BCUT2D eigenvalue weighted by Gasteiger charge is 2.22. The van der Waals surface area contributed by atoms with Crippen LogP contribution in [0.1, 0.15) is 25.3 Å². The third-order valence-corrected chi connectivity index (χ3v) is 3.16. The van der Waals surface area contributed by atoms with E-state index in [0.29, 0.717) is 6.04 Å². The number of hydrogen-bond acceptors (Lipinski definition) is 2. The minimum absolute atomic E-state index is 0.638. The molecule has 76 valence electrons. The Labute approximate surface area is 85.7 Å². The summed E-state index contributed by atoms with van der Waals surface area (Å²) < 4.78 is 0. The van der Waals surface area contributed by atoms with Gasteiger partial charge in [0.1, 0.15) is 0 Å². The predicted molar refractivity (Wildman–Crippen MR) is 61.6 cm³/mol. The molecule has 0 bridgehead atoms. The third-order valence-electron chi connectivity index (χ3n) is 3.16. The van der Waals surface area contributed by atoms with Gasteiger partial charge in [-0.05, 0) is 38.3 Å². The molecule has 14 heavy (non-hydrogen) atoms. The van der Waals surface area contributed by atoms with Gasteiger partial charge in [-0.1, -0.05) is 12.1 Å². The molecular formula is C12H18N2. The number of hydrogen-bond donors (Lipinski definition) is 1. The molecule has 1 unspecified atom stereocenters. The van der Waals surface area contributed by atoms with Crippen molar-refractivity contribution < 1.29 is 0 Å². The molecule has 2 N–H and O–H groups in total. The predicted octanol–water partition coefficient (Wildman–Crippen LogP) is 2.57. The maximum absolute atomic E-state index is 6.08. The number of aryl methyl sites for hydroxylation is 1. The molecule has 0 spiro atoms. The molecule has 1 saturated heterocycles. The quantitative estimate of drug-likeness (QED) is 0.690. The standard InChI is InChI=1S/C12H18N2/c1-9-5-3-7-11(12(9)13)14-8-4-6-10(14)2/h3,5,7,10H,4,6,8,13H2,1-2H3. The van der Waals surface area contributed by atoms with Crippen LogP contribution in [0, 0.1) is 6.92 Å². The first kappa shape index (κ1) is 9.38. The lowest BCUT2D eigenvalue weighted by Gasteiger charge is -2.25. The van der Waals surface area contributed by atoms with Crippen LogP contribution in [0.3, 0.4) is 0 Å². The highest BCUT2D eigenvalue weighted by atomic mass is 15.2. The summed E-state index contributed by atoms with van der Waals surface area (Å²) in [4.78, 5) is 2.42. The molecule has 1 aromatic carbocycles. The van der Waals surface area contributed by atoms with Crippen LogP contribution in [0.4, 0.5) is 11.4 Å². The molecule has 0 radical (unpaired) electrons. The summed E-state index contributed by atoms with van der Waals surface area (Å²) in [6.45, 7) is 5.49. The van der Waals surface area contributed by atoms with Crippen molar-refractivity contribution in [2.75, 3.05) is 17.2 Å². The minimum atomic E-state index is 0.638. The van der Waals surface area contributed by atoms with Gasteiger partial charge in [0, 0.05) is 12.6 Å². The molecular weight excluding hydrogens is 172 g/mol. The normalized spacial score (nSPS) is 21.6. The summed E-state index contributed by atoms with van der Waals surface area (Å²) >= 11 is 0. The van der Waals surface area contributed by atoms with Crippen molar-refractivity contribution in [3.8, 4) is 0 Å². The van der Waals surface area contributed by atoms with E-state index in [-0.39, 0.29) is 0 Å². The second-order valence-corrected chi connectivity index (χ2v) is 4.19. The number of benzene rings is 1. The second-order valence-electron chi connectivity index (χ2n) is 4.19. The average molecular weight is 190 g/mol. The van der Waals surface area contributed by atoms with E-state index in [0.717, 1.165) is 12.2 Å². The van der Waals surface area contributed by atoms with Gasteiger partial charge in [0.05, 0.1) is 11.4 Å². The Morgan fingerprint density at radius 2 is 2.21 bits per heavy atom. The van der Waals surface area contributed by atoms with Gasteiger partial charge in [-0.2, -0.15) is 0 Å². The van der Waals surface area contributed by atoms with Crippen LogP contribution < -0.4 is 10.6 Å². The smallest absolute Gasteiger partial charge is 0.0605 e. The molecule has 1 aliphatic rings. The van der Waals surface area contributed by atoms with Crippen molar-refractivity contribution in [3.63, 3.8) is 0 Å². The molecule has 1 fully saturated rings. The Kier molecular flexibility index (Phi) is 2.36. The number of anilines is 2. The number of para-hydroxylation sites is 1. The lowest BCUT2D eigenvalue weighted by molar-refractivity contribution is 0.735. The van der Waals surface area contributed by atoms with Gasteiger partial charge in [-0.15, -0.1) is 0 Å². The number of nitrogens with two attached hydrogens (primary N) is 1. The van der Waals surface area contributed by atoms with E-state index in [4.69, 9.17) is 5.73 Å². The summed E-state index contributed by atoms with van der Waals surface area (Å²) in [5.41, 5.74) is 9.43. The Balaban J connectivity index is 2.36. The molecule has 0 saturated carbocycles. The number of nitrogen functional groups attached to an aromatic ring is 1. The third kappa shape index (κ3) is 1.45. The lowest BCUT2D eigenvalue weighted by atomic mass is 10.1. The van der Waals surface area contributed by atoms with E-state index < -0.39 is 0 Å². The molecule has 1 aromatic rings. The largest absolute Gasteiger partial charge is 0.397 e. The molecule has 1 aliphatic heterocycles. The van der Waals surface area contributed by atoms with E-state index in [2.05, 4.69) is 36.9 Å². The van der Waals surface area contributed by atoms with Crippen molar-refractivity contribution >= 4 is 11.4 Å². The fraction of sp³-hybridized carbons (Fsp3) is 0.500. The first-order valence-corrected chi connectivity index (χ1v) is 5.32. The van der Waals surface area contributed by atoms with Crippen LogP contribution in [-0.2, 0) is 0 Å². The average Bonchev–Trinajstić information content (AvgIpc) is 2.57. The summed E-state index contributed by atoms with van der Waals surface area (Å²) in [5.74, 6) is 0. The van der Waals surface area contributed by atoms with Gasteiger partial charge in [0.2, 0.25) is 0 Å². The Morgan fingerprint density at radius 1 is 1.43 bits per heavy atom. The van der Waals surface area contributed by atoms with E-state index in [9.17, 15) is 0 Å². The Hall–Kier alpha value is -1.18. The number of nitrogens with zero attached hydrogens (tertiary/aromatic N) is 1. The Morgan fingerprint density at radius 3 is 2.86 bits per heavy atom. The van der Waals surface area contributed by atoms with Crippen LogP contribution in [0.15, 0.2) is 18.2 Å². The van der Waals surface area contributed by atoms with Crippen molar-refractivity contribution in [1.82, 2.24) is 0 Å². The van der Waals surface area contributed by atoms with Crippen molar-refractivity contribution in [1.29, 1.82) is 0 Å². The topological polar surface area (TPSA) is 29.3 Å². The van der Waals surface area contributed by atoms with Crippen LogP contribution in [0.5, 0.6) is 0 Å².